The van der Waals surface area contributed by atoms with E-state index in [0.29, 0.717) is 5.92 Å². The fourth-order valence-corrected chi connectivity index (χ4v) is 2.75. The Morgan fingerprint density at radius 1 is 1.27 bits per heavy atom. The van der Waals surface area contributed by atoms with E-state index < -0.39 is 6.10 Å². The van der Waals surface area contributed by atoms with E-state index in [2.05, 4.69) is 36.6 Å². The molecule has 22 heavy (non-hydrogen) atoms. The summed E-state index contributed by atoms with van der Waals surface area (Å²) in [7, 11) is 0. The Morgan fingerprint density at radius 3 is 2.59 bits per heavy atom. The van der Waals surface area contributed by atoms with Crippen molar-refractivity contribution in [2.24, 2.45) is 0 Å². The van der Waals surface area contributed by atoms with Crippen LogP contribution in [0.1, 0.15) is 50.7 Å². The largest absolute Gasteiger partial charge is 0.481 e. The maximum Gasteiger partial charge on any atom is 0.260 e. The molecule has 0 radical (unpaired) electrons. The summed E-state index contributed by atoms with van der Waals surface area (Å²) in [5, 5.41) is 6.40. The fraction of sp³-hybridized carbons (Fsp3) is 0.611. The zero-order chi connectivity index (χ0) is 16.1. The molecule has 2 rings (SSSR count). The van der Waals surface area contributed by atoms with E-state index in [-0.39, 0.29) is 11.9 Å². The molecule has 1 fully saturated rings. The Labute approximate surface area is 133 Å². The number of nitrogens with one attached hydrogen (secondary N) is 2. The van der Waals surface area contributed by atoms with Crippen molar-refractivity contribution in [3.8, 4) is 5.75 Å². The predicted octanol–water partition coefficient (Wildman–Crippen LogP) is 2.75. The second-order valence-corrected chi connectivity index (χ2v) is 6.49. The van der Waals surface area contributed by atoms with E-state index in [1.807, 2.05) is 19.9 Å². The summed E-state index contributed by atoms with van der Waals surface area (Å²) in [5.41, 5.74) is 2.29. The smallest absolute Gasteiger partial charge is 0.260 e. The van der Waals surface area contributed by atoms with Crippen molar-refractivity contribution in [3.05, 3.63) is 29.3 Å². The molecule has 122 valence electrons. The molecule has 1 aromatic carbocycles. The monoisotopic (exact) mass is 304 g/mol. The summed E-state index contributed by atoms with van der Waals surface area (Å²) in [6.07, 6.45) is 1.49. The van der Waals surface area contributed by atoms with Crippen molar-refractivity contribution in [2.75, 3.05) is 13.1 Å². The molecule has 1 aromatic rings. The van der Waals surface area contributed by atoms with Crippen LogP contribution in [-0.4, -0.2) is 31.1 Å². The second-order valence-electron chi connectivity index (χ2n) is 6.49. The zero-order valence-electron chi connectivity index (χ0n) is 14.1. The molecule has 0 aliphatic carbocycles. The standard InChI is InChI=1S/C18H28N2O2/c1-12(2)16-6-5-13(3)11-17(16)22-14(4)18(21)20-15-7-9-19-10-8-15/h5-6,11-12,14-15,19H,7-10H2,1-4H3,(H,20,21). The third-order valence-corrected chi connectivity index (χ3v) is 4.15. The van der Waals surface area contributed by atoms with Crippen LogP contribution in [0.4, 0.5) is 0 Å². The molecule has 0 bridgehead atoms. The molecular formula is C18H28N2O2. The van der Waals surface area contributed by atoms with Crippen LogP contribution in [0.5, 0.6) is 5.75 Å². The summed E-state index contributed by atoms with van der Waals surface area (Å²) < 4.78 is 5.96. The Morgan fingerprint density at radius 2 is 1.95 bits per heavy atom. The SMILES string of the molecule is Cc1ccc(C(C)C)c(OC(C)C(=O)NC2CCNCC2)c1. The van der Waals surface area contributed by atoms with Gasteiger partial charge >= 0.3 is 0 Å². The highest BCUT2D eigenvalue weighted by atomic mass is 16.5. The van der Waals surface area contributed by atoms with Gasteiger partial charge in [-0.15, -0.1) is 0 Å². The van der Waals surface area contributed by atoms with E-state index in [9.17, 15) is 4.79 Å². The van der Waals surface area contributed by atoms with Gasteiger partial charge in [0, 0.05) is 6.04 Å². The maximum absolute atomic E-state index is 12.3. The number of piperidine rings is 1. The first-order chi connectivity index (χ1) is 10.5. The second kappa shape index (κ2) is 7.63. The Balaban J connectivity index is 1.99. The Bertz CT molecular complexity index is 508. The van der Waals surface area contributed by atoms with Gasteiger partial charge in [-0.05, 0) is 62.9 Å². The molecule has 4 nitrogen and oxygen atoms in total. The first kappa shape index (κ1) is 16.8. The number of amides is 1. The molecule has 1 heterocycles. The van der Waals surface area contributed by atoms with Gasteiger partial charge in [-0.1, -0.05) is 26.0 Å². The molecular weight excluding hydrogens is 276 g/mol. The van der Waals surface area contributed by atoms with Crippen molar-refractivity contribution >= 4 is 5.91 Å². The minimum Gasteiger partial charge on any atom is -0.481 e. The molecule has 1 aliphatic heterocycles. The summed E-state index contributed by atoms with van der Waals surface area (Å²) in [4.78, 5) is 12.3. The normalized spacial score (nSPS) is 17.3. The lowest BCUT2D eigenvalue weighted by Crippen LogP contribution is -2.47. The van der Waals surface area contributed by atoms with Gasteiger partial charge < -0.3 is 15.4 Å². The number of hydrogen-bond acceptors (Lipinski definition) is 3. The van der Waals surface area contributed by atoms with Crippen LogP contribution in [0.3, 0.4) is 0 Å². The topological polar surface area (TPSA) is 50.4 Å². The molecule has 1 saturated heterocycles. The van der Waals surface area contributed by atoms with Crippen molar-refractivity contribution in [3.63, 3.8) is 0 Å². The van der Waals surface area contributed by atoms with Gasteiger partial charge in [-0.25, -0.2) is 0 Å². The summed E-state index contributed by atoms with van der Waals surface area (Å²) in [6.45, 7) is 10.1. The average Bonchev–Trinajstić information content (AvgIpc) is 2.48. The van der Waals surface area contributed by atoms with E-state index >= 15 is 0 Å². The average molecular weight is 304 g/mol. The molecule has 1 aliphatic rings. The highest BCUT2D eigenvalue weighted by Gasteiger charge is 2.21. The van der Waals surface area contributed by atoms with Crippen molar-refractivity contribution in [1.82, 2.24) is 10.6 Å². The number of ether oxygens (including phenoxy) is 1. The number of hydrogen-bond donors (Lipinski definition) is 2. The molecule has 1 atom stereocenters. The van der Waals surface area contributed by atoms with Gasteiger partial charge in [0.05, 0.1) is 0 Å². The van der Waals surface area contributed by atoms with Crippen molar-refractivity contribution in [1.29, 1.82) is 0 Å². The molecule has 2 N–H and O–H groups in total. The Hall–Kier alpha value is -1.55. The molecule has 1 unspecified atom stereocenters. The minimum absolute atomic E-state index is 0.0249. The lowest BCUT2D eigenvalue weighted by Gasteiger charge is -2.26. The highest BCUT2D eigenvalue weighted by molar-refractivity contribution is 5.81. The Kier molecular flexibility index (Phi) is 5.83. The van der Waals surface area contributed by atoms with Gasteiger partial charge in [-0.3, -0.25) is 4.79 Å². The van der Waals surface area contributed by atoms with Crippen LogP contribution in [0.25, 0.3) is 0 Å². The third kappa shape index (κ3) is 4.47. The third-order valence-electron chi connectivity index (χ3n) is 4.15. The van der Waals surface area contributed by atoms with E-state index in [4.69, 9.17) is 4.74 Å². The summed E-state index contributed by atoms with van der Waals surface area (Å²) in [5.74, 6) is 1.17. The van der Waals surface area contributed by atoms with Crippen LogP contribution >= 0.6 is 0 Å². The van der Waals surface area contributed by atoms with Crippen molar-refractivity contribution in [2.45, 2.75) is 58.6 Å². The van der Waals surface area contributed by atoms with Gasteiger partial charge in [0.1, 0.15) is 5.75 Å². The lowest BCUT2D eigenvalue weighted by atomic mass is 10.0. The van der Waals surface area contributed by atoms with Crippen LogP contribution in [-0.2, 0) is 4.79 Å². The number of aryl methyl sites for hydroxylation is 1. The van der Waals surface area contributed by atoms with E-state index in [0.717, 1.165) is 42.8 Å². The van der Waals surface area contributed by atoms with E-state index in [1.165, 1.54) is 0 Å². The van der Waals surface area contributed by atoms with Crippen LogP contribution in [0.2, 0.25) is 0 Å². The highest BCUT2D eigenvalue weighted by Crippen LogP contribution is 2.28. The zero-order valence-corrected chi connectivity index (χ0v) is 14.1. The van der Waals surface area contributed by atoms with Crippen molar-refractivity contribution < 1.29 is 9.53 Å². The molecule has 0 aromatic heterocycles. The molecule has 0 saturated carbocycles. The predicted molar refractivity (Wildman–Crippen MR) is 89.4 cm³/mol. The molecule has 1 amide bonds. The quantitative estimate of drug-likeness (QED) is 0.879. The first-order valence-corrected chi connectivity index (χ1v) is 8.25. The van der Waals surface area contributed by atoms with Crippen LogP contribution in [0, 0.1) is 6.92 Å². The lowest BCUT2D eigenvalue weighted by molar-refractivity contribution is -0.128. The van der Waals surface area contributed by atoms with Gasteiger partial charge in [0.15, 0.2) is 6.10 Å². The molecule has 0 spiro atoms. The van der Waals surface area contributed by atoms with Gasteiger partial charge in [-0.2, -0.15) is 0 Å². The summed E-state index contributed by atoms with van der Waals surface area (Å²) in [6, 6.07) is 6.46. The van der Waals surface area contributed by atoms with Gasteiger partial charge in [0.2, 0.25) is 0 Å². The van der Waals surface area contributed by atoms with E-state index in [1.54, 1.807) is 0 Å². The number of benzene rings is 1. The maximum atomic E-state index is 12.3. The fourth-order valence-electron chi connectivity index (χ4n) is 2.75. The number of carbonyl (C=O) groups excluding carboxylic acids is 1. The number of carbonyl (C=O) groups is 1. The van der Waals surface area contributed by atoms with Crippen LogP contribution in [0.15, 0.2) is 18.2 Å². The van der Waals surface area contributed by atoms with Gasteiger partial charge in [0.25, 0.3) is 5.91 Å². The van der Waals surface area contributed by atoms with Crippen LogP contribution < -0.4 is 15.4 Å². The first-order valence-electron chi connectivity index (χ1n) is 8.25. The number of rotatable bonds is 5. The molecule has 4 heteroatoms. The summed E-state index contributed by atoms with van der Waals surface area (Å²) >= 11 is 0. The minimum atomic E-state index is -0.478.